The number of nitrogens with zero attached hydrogens (tertiary/aromatic N) is 3. The summed E-state index contributed by atoms with van der Waals surface area (Å²) in [4.78, 5) is 6.55. The van der Waals surface area contributed by atoms with E-state index in [4.69, 9.17) is 5.73 Å². The van der Waals surface area contributed by atoms with Gasteiger partial charge in [0.15, 0.2) is 5.82 Å². The summed E-state index contributed by atoms with van der Waals surface area (Å²) < 4.78 is 2.09. The second kappa shape index (κ2) is 4.14. The molecule has 0 radical (unpaired) electrons. The average molecular weight is 218 g/mol. The van der Waals surface area contributed by atoms with Crippen LogP contribution in [0.25, 0.3) is 10.9 Å². The first-order valence-electron chi connectivity index (χ1n) is 5.46. The van der Waals surface area contributed by atoms with Gasteiger partial charge in [-0.05, 0) is 19.1 Å². The van der Waals surface area contributed by atoms with Gasteiger partial charge in [-0.2, -0.15) is 0 Å². The Bertz CT molecular complexity index is 487. The first-order chi connectivity index (χ1) is 7.59. The maximum atomic E-state index is 5.81. The maximum Gasteiger partial charge on any atom is 0.152 e. The molecule has 0 aliphatic rings. The zero-order valence-corrected chi connectivity index (χ0v) is 10.0. The molecule has 0 saturated carbocycles. The van der Waals surface area contributed by atoms with Crippen molar-refractivity contribution in [3.05, 3.63) is 24.5 Å². The Labute approximate surface area is 95.7 Å². The molecule has 86 valence electrons. The van der Waals surface area contributed by atoms with E-state index >= 15 is 0 Å². The third-order valence-electron chi connectivity index (χ3n) is 2.69. The first kappa shape index (κ1) is 11.0. The van der Waals surface area contributed by atoms with E-state index in [2.05, 4.69) is 26.7 Å². The maximum absolute atomic E-state index is 5.81. The summed E-state index contributed by atoms with van der Waals surface area (Å²) in [6.07, 6.45) is 3.89. The molecule has 0 saturated heterocycles. The molecule has 2 aromatic rings. The van der Waals surface area contributed by atoms with E-state index < -0.39 is 0 Å². The van der Waals surface area contributed by atoms with Crippen molar-refractivity contribution in [2.24, 2.45) is 12.8 Å². The van der Waals surface area contributed by atoms with Crippen LogP contribution in [0.4, 0.5) is 5.82 Å². The Morgan fingerprint density at radius 3 is 2.94 bits per heavy atom. The zero-order chi connectivity index (χ0) is 11.7. The van der Waals surface area contributed by atoms with Gasteiger partial charge in [0.2, 0.25) is 0 Å². The largest absolute Gasteiger partial charge is 0.356 e. The van der Waals surface area contributed by atoms with Crippen molar-refractivity contribution in [2.45, 2.75) is 13.0 Å². The SMILES string of the molecule is CC(N)CN(C)c1nccc2ccn(C)c12. The highest BCUT2D eigenvalue weighted by atomic mass is 15.2. The molecule has 4 nitrogen and oxygen atoms in total. The van der Waals surface area contributed by atoms with E-state index in [9.17, 15) is 0 Å². The quantitative estimate of drug-likeness (QED) is 0.846. The van der Waals surface area contributed by atoms with Gasteiger partial charge in [-0.15, -0.1) is 0 Å². The Morgan fingerprint density at radius 1 is 1.50 bits per heavy atom. The molecule has 2 rings (SSSR count). The minimum atomic E-state index is 0.141. The van der Waals surface area contributed by atoms with Crippen LogP contribution < -0.4 is 10.6 Å². The molecular formula is C12H18N4. The van der Waals surface area contributed by atoms with Crippen molar-refractivity contribution in [3.8, 4) is 0 Å². The van der Waals surface area contributed by atoms with Gasteiger partial charge in [-0.3, -0.25) is 0 Å². The van der Waals surface area contributed by atoms with E-state index in [-0.39, 0.29) is 6.04 Å². The molecular weight excluding hydrogens is 200 g/mol. The highest BCUT2D eigenvalue weighted by Crippen LogP contribution is 2.23. The monoisotopic (exact) mass is 218 g/mol. The van der Waals surface area contributed by atoms with Crippen molar-refractivity contribution in [1.29, 1.82) is 0 Å². The average Bonchev–Trinajstić information content (AvgIpc) is 2.59. The molecule has 0 spiro atoms. The van der Waals surface area contributed by atoms with Gasteiger partial charge in [-0.25, -0.2) is 4.98 Å². The van der Waals surface area contributed by atoms with Crippen LogP contribution in [-0.2, 0) is 7.05 Å². The van der Waals surface area contributed by atoms with Gasteiger partial charge in [0.1, 0.15) is 0 Å². The number of nitrogens with two attached hydrogens (primary N) is 1. The smallest absolute Gasteiger partial charge is 0.152 e. The number of rotatable bonds is 3. The number of fused-ring (bicyclic) bond motifs is 1. The number of hydrogen-bond donors (Lipinski definition) is 1. The molecule has 1 unspecified atom stereocenters. The highest BCUT2D eigenvalue weighted by Gasteiger charge is 2.11. The summed E-state index contributed by atoms with van der Waals surface area (Å²) in [5.41, 5.74) is 6.97. The first-order valence-corrected chi connectivity index (χ1v) is 5.46. The van der Waals surface area contributed by atoms with Crippen molar-refractivity contribution in [1.82, 2.24) is 9.55 Å². The second-order valence-corrected chi connectivity index (χ2v) is 4.36. The van der Waals surface area contributed by atoms with Crippen molar-refractivity contribution >= 4 is 16.7 Å². The van der Waals surface area contributed by atoms with Gasteiger partial charge in [-0.1, -0.05) is 0 Å². The fourth-order valence-corrected chi connectivity index (χ4v) is 2.02. The Balaban J connectivity index is 2.47. The van der Waals surface area contributed by atoms with Crippen LogP contribution in [0.15, 0.2) is 24.5 Å². The molecule has 0 aliphatic carbocycles. The van der Waals surface area contributed by atoms with Gasteiger partial charge < -0.3 is 15.2 Å². The lowest BCUT2D eigenvalue weighted by Crippen LogP contribution is -2.33. The van der Waals surface area contributed by atoms with Crippen molar-refractivity contribution in [3.63, 3.8) is 0 Å². The van der Waals surface area contributed by atoms with Gasteiger partial charge in [0.25, 0.3) is 0 Å². The molecule has 2 heterocycles. The molecule has 0 amide bonds. The molecule has 4 heteroatoms. The Morgan fingerprint density at radius 2 is 2.25 bits per heavy atom. The number of aromatic nitrogens is 2. The fourth-order valence-electron chi connectivity index (χ4n) is 2.02. The number of likely N-dealkylation sites (N-methyl/N-ethyl adjacent to an activating group) is 1. The summed E-state index contributed by atoms with van der Waals surface area (Å²) in [5.74, 6) is 0.988. The minimum Gasteiger partial charge on any atom is -0.356 e. The number of anilines is 1. The second-order valence-electron chi connectivity index (χ2n) is 4.36. The summed E-state index contributed by atoms with van der Waals surface area (Å²) in [6.45, 7) is 2.80. The van der Waals surface area contributed by atoms with Crippen LogP contribution >= 0.6 is 0 Å². The third-order valence-corrected chi connectivity index (χ3v) is 2.69. The lowest BCUT2D eigenvalue weighted by Gasteiger charge is -2.21. The standard InChI is InChI=1S/C12H18N4/c1-9(13)8-16(3)12-11-10(4-6-14-12)5-7-15(11)2/h4-7,9H,8,13H2,1-3H3. The number of aryl methyl sites for hydroxylation is 1. The molecule has 1 atom stereocenters. The Kier molecular flexibility index (Phi) is 2.83. The summed E-state index contributed by atoms with van der Waals surface area (Å²) in [7, 11) is 4.06. The van der Waals surface area contributed by atoms with Crippen molar-refractivity contribution in [2.75, 3.05) is 18.5 Å². The van der Waals surface area contributed by atoms with E-state index in [0.717, 1.165) is 17.9 Å². The molecule has 0 fully saturated rings. The van der Waals surface area contributed by atoms with Crippen LogP contribution in [-0.4, -0.2) is 29.2 Å². The number of hydrogen-bond acceptors (Lipinski definition) is 3. The van der Waals surface area contributed by atoms with Crippen molar-refractivity contribution < 1.29 is 0 Å². The van der Waals surface area contributed by atoms with Crippen LogP contribution in [0.1, 0.15) is 6.92 Å². The molecule has 2 aromatic heterocycles. The summed E-state index contributed by atoms with van der Waals surface area (Å²) in [5, 5.41) is 1.21. The lowest BCUT2D eigenvalue weighted by molar-refractivity contribution is 0.712. The van der Waals surface area contributed by atoms with Gasteiger partial charge >= 0.3 is 0 Å². The minimum absolute atomic E-state index is 0.141. The van der Waals surface area contributed by atoms with E-state index in [1.54, 1.807) is 0 Å². The predicted molar refractivity (Wildman–Crippen MR) is 67.6 cm³/mol. The molecule has 0 aliphatic heterocycles. The summed E-state index contributed by atoms with van der Waals surface area (Å²) in [6, 6.07) is 4.26. The van der Waals surface area contributed by atoms with Gasteiger partial charge in [0, 0.05) is 44.5 Å². The fraction of sp³-hybridized carbons (Fsp3) is 0.417. The summed E-state index contributed by atoms with van der Waals surface area (Å²) >= 11 is 0. The van der Waals surface area contributed by atoms with Crippen LogP contribution in [0.2, 0.25) is 0 Å². The topological polar surface area (TPSA) is 47.1 Å². The van der Waals surface area contributed by atoms with Crippen LogP contribution in [0.3, 0.4) is 0 Å². The van der Waals surface area contributed by atoms with E-state index in [1.165, 1.54) is 5.39 Å². The highest BCUT2D eigenvalue weighted by molar-refractivity contribution is 5.89. The van der Waals surface area contributed by atoms with E-state index in [0.29, 0.717) is 0 Å². The van der Waals surface area contributed by atoms with Crippen LogP contribution in [0, 0.1) is 0 Å². The molecule has 0 aromatic carbocycles. The van der Waals surface area contributed by atoms with Gasteiger partial charge in [0.05, 0.1) is 5.52 Å². The third kappa shape index (κ3) is 1.88. The zero-order valence-electron chi connectivity index (χ0n) is 10.0. The van der Waals surface area contributed by atoms with Crippen LogP contribution in [0.5, 0.6) is 0 Å². The number of pyridine rings is 1. The van der Waals surface area contributed by atoms with E-state index in [1.807, 2.05) is 33.3 Å². The molecule has 0 bridgehead atoms. The normalized spacial score (nSPS) is 13.0. The lowest BCUT2D eigenvalue weighted by atomic mass is 10.3. The predicted octanol–water partition coefficient (Wildman–Crippen LogP) is 1.36. The molecule has 16 heavy (non-hydrogen) atoms. The Hall–Kier alpha value is -1.55. The molecule has 2 N–H and O–H groups in total.